The lowest BCUT2D eigenvalue weighted by Gasteiger charge is -2.19. The molecule has 0 aliphatic carbocycles. The maximum Gasteiger partial charge on any atom is 0.166 e. The Morgan fingerprint density at radius 1 is 0.880 bits per heavy atom. The molecule has 0 aliphatic rings. The average Bonchev–Trinajstić information content (AvgIpc) is 2.59. The molecule has 2 rings (SSSR count). The van der Waals surface area contributed by atoms with Crippen molar-refractivity contribution in [1.29, 1.82) is 0 Å². The molecule has 0 bridgehead atoms. The van der Waals surface area contributed by atoms with Crippen LogP contribution < -0.4 is 10.6 Å². The molecule has 0 amide bonds. The summed E-state index contributed by atoms with van der Waals surface area (Å²) >= 11 is 5.32. The minimum atomic E-state index is -0.250. The van der Waals surface area contributed by atoms with Gasteiger partial charge in [0.05, 0.1) is 6.67 Å². The fraction of sp³-hybridized carbons (Fsp3) is 0.381. The number of benzene rings is 2. The Morgan fingerprint density at radius 2 is 1.32 bits per heavy atom. The van der Waals surface area contributed by atoms with Crippen LogP contribution in [0.15, 0.2) is 54.6 Å². The first-order chi connectivity index (χ1) is 11.9. The van der Waals surface area contributed by atoms with E-state index in [1.54, 1.807) is 0 Å². The summed E-state index contributed by atoms with van der Waals surface area (Å²) in [5, 5.41) is 7.16. The average molecular weight is 361 g/mol. The Labute approximate surface area is 156 Å². The molecule has 0 spiro atoms. The minimum absolute atomic E-state index is 0.193. The number of hydrogen-bond acceptors (Lipinski definition) is 1. The van der Waals surface area contributed by atoms with Crippen molar-refractivity contribution in [3.8, 4) is 0 Å². The zero-order valence-electron chi connectivity index (χ0n) is 15.6. The third-order valence-electron chi connectivity index (χ3n) is 3.57. The third kappa shape index (κ3) is 8.64. The van der Waals surface area contributed by atoms with Crippen LogP contribution in [0.2, 0.25) is 0 Å². The first-order valence-corrected chi connectivity index (χ1v) is 8.98. The van der Waals surface area contributed by atoms with Gasteiger partial charge in [0.1, 0.15) is 0 Å². The van der Waals surface area contributed by atoms with E-state index in [0.29, 0.717) is 5.11 Å². The van der Waals surface area contributed by atoms with Gasteiger partial charge in [-0.1, -0.05) is 75.4 Å². The molecule has 2 N–H and O–H groups in total. The van der Waals surface area contributed by atoms with Gasteiger partial charge in [-0.05, 0) is 41.2 Å². The predicted octanol–water partition coefficient (Wildman–Crippen LogP) is 5.12. The van der Waals surface area contributed by atoms with Crippen molar-refractivity contribution < 1.29 is 4.39 Å². The monoisotopic (exact) mass is 360 g/mol. The highest BCUT2D eigenvalue weighted by molar-refractivity contribution is 7.80. The van der Waals surface area contributed by atoms with Crippen LogP contribution in [0.1, 0.15) is 44.4 Å². The maximum absolute atomic E-state index is 10.3. The predicted molar refractivity (Wildman–Crippen MR) is 110 cm³/mol. The largest absolute Gasteiger partial charge is 0.359 e. The van der Waals surface area contributed by atoms with E-state index in [-0.39, 0.29) is 12.1 Å². The minimum Gasteiger partial charge on any atom is -0.359 e. The van der Waals surface area contributed by atoms with Gasteiger partial charge in [-0.3, -0.25) is 4.39 Å². The summed E-state index contributed by atoms with van der Waals surface area (Å²) in [5.74, 6) is 0. The molecule has 2 aromatic rings. The molecule has 0 saturated heterocycles. The second kappa shape index (κ2) is 10.8. The zero-order valence-corrected chi connectivity index (χ0v) is 16.4. The van der Waals surface area contributed by atoms with Crippen molar-refractivity contribution in [2.75, 3.05) is 6.67 Å². The van der Waals surface area contributed by atoms with E-state index in [2.05, 4.69) is 67.8 Å². The molecule has 0 heterocycles. The van der Waals surface area contributed by atoms with Gasteiger partial charge < -0.3 is 10.6 Å². The zero-order chi connectivity index (χ0) is 18.7. The summed E-state index contributed by atoms with van der Waals surface area (Å²) in [4.78, 5) is 0. The standard InChI is InChI=1S/C19H24N2S.C2H5F/c1-19(2,3)17-11-9-16(10-12-17)14-21-18(22)20-13-15-7-5-4-6-8-15;1-2-3/h4-12H,13-14H2,1-3H3,(H2,20,21,22);2H2,1H3. The highest BCUT2D eigenvalue weighted by atomic mass is 32.1. The number of nitrogens with one attached hydrogen (secondary N) is 2. The van der Waals surface area contributed by atoms with E-state index in [4.69, 9.17) is 12.2 Å². The summed E-state index contributed by atoms with van der Waals surface area (Å²) in [6, 6.07) is 19.0. The van der Waals surface area contributed by atoms with Gasteiger partial charge in [0.15, 0.2) is 5.11 Å². The van der Waals surface area contributed by atoms with Gasteiger partial charge in [0.2, 0.25) is 0 Å². The van der Waals surface area contributed by atoms with E-state index < -0.39 is 0 Å². The Kier molecular flexibility index (Phi) is 9.14. The van der Waals surface area contributed by atoms with Crippen LogP contribution in [0.3, 0.4) is 0 Å². The third-order valence-corrected chi connectivity index (χ3v) is 3.86. The summed E-state index contributed by atoms with van der Waals surface area (Å²) in [5.41, 5.74) is 4.00. The molecule has 0 fully saturated rings. The van der Waals surface area contributed by atoms with E-state index in [1.807, 2.05) is 18.2 Å². The van der Waals surface area contributed by atoms with E-state index in [0.717, 1.165) is 13.1 Å². The maximum atomic E-state index is 10.3. The van der Waals surface area contributed by atoms with Crippen LogP contribution in [-0.4, -0.2) is 11.8 Å². The molecule has 0 saturated carbocycles. The van der Waals surface area contributed by atoms with E-state index in [9.17, 15) is 4.39 Å². The Morgan fingerprint density at radius 3 is 1.76 bits per heavy atom. The van der Waals surface area contributed by atoms with Gasteiger partial charge in [-0.25, -0.2) is 0 Å². The number of hydrogen-bond donors (Lipinski definition) is 2. The Bertz CT molecular complexity index is 619. The first-order valence-electron chi connectivity index (χ1n) is 8.57. The van der Waals surface area contributed by atoms with Crippen molar-refractivity contribution >= 4 is 17.3 Å². The molecule has 0 aromatic heterocycles. The highest BCUT2D eigenvalue weighted by Gasteiger charge is 2.12. The Hall–Kier alpha value is -1.94. The van der Waals surface area contributed by atoms with Crippen LogP contribution >= 0.6 is 12.2 Å². The number of rotatable bonds is 4. The molecule has 0 aliphatic heterocycles. The van der Waals surface area contributed by atoms with Crippen molar-refractivity contribution in [3.63, 3.8) is 0 Å². The quantitative estimate of drug-likeness (QED) is 0.740. The van der Waals surface area contributed by atoms with Crippen LogP contribution in [-0.2, 0) is 18.5 Å². The summed E-state index contributed by atoms with van der Waals surface area (Å²) < 4.78 is 10.3. The summed E-state index contributed by atoms with van der Waals surface area (Å²) in [6.45, 7) is 9.37. The fourth-order valence-electron chi connectivity index (χ4n) is 2.15. The second-order valence-corrected chi connectivity index (χ2v) is 7.14. The lowest BCUT2D eigenvalue weighted by atomic mass is 9.87. The van der Waals surface area contributed by atoms with Crippen LogP contribution in [0.25, 0.3) is 0 Å². The smallest absolute Gasteiger partial charge is 0.166 e. The molecule has 0 unspecified atom stereocenters. The van der Waals surface area contributed by atoms with Crippen molar-refractivity contribution in [2.24, 2.45) is 0 Å². The van der Waals surface area contributed by atoms with Crippen LogP contribution in [0, 0.1) is 0 Å². The molecular weight excluding hydrogens is 331 g/mol. The lowest BCUT2D eigenvalue weighted by molar-refractivity contribution is 0.527. The highest BCUT2D eigenvalue weighted by Crippen LogP contribution is 2.22. The summed E-state index contributed by atoms with van der Waals surface area (Å²) in [6.07, 6.45) is 0. The number of alkyl halides is 1. The molecule has 2 nitrogen and oxygen atoms in total. The normalized spacial score (nSPS) is 10.4. The van der Waals surface area contributed by atoms with Crippen molar-refractivity contribution in [2.45, 2.75) is 46.2 Å². The first kappa shape index (κ1) is 21.1. The van der Waals surface area contributed by atoms with Crippen molar-refractivity contribution in [3.05, 3.63) is 71.3 Å². The molecular formula is C21H29FN2S. The molecule has 4 heteroatoms. The SMILES string of the molecule is CC(C)(C)c1ccc(CNC(=S)NCc2ccccc2)cc1.CCF. The second-order valence-electron chi connectivity index (χ2n) is 6.74. The molecule has 25 heavy (non-hydrogen) atoms. The van der Waals surface area contributed by atoms with E-state index in [1.165, 1.54) is 23.6 Å². The molecule has 0 atom stereocenters. The lowest BCUT2D eigenvalue weighted by Crippen LogP contribution is -2.34. The molecule has 136 valence electrons. The van der Waals surface area contributed by atoms with Crippen molar-refractivity contribution in [1.82, 2.24) is 10.6 Å². The van der Waals surface area contributed by atoms with Gasteiger partial charge in [-0.2, -0.15) is 0 Å². The topological polar surface area (TPSA) is 24.1 Å². The Balaban J connectivity index is 0.000000970. The van der Waals surface area contributed by atoms with E-state index >= 15 is 0 Å². The van der Waals surface area contributed by atoms with Gasteiger partial charge in [-0.15, -0.1) is 0 Å². The van der Waals surface area contributed by atoms with Gasteiger partial charge in [0.25, 0.3) is 0 Å². The molecule has 2 aromatic carbocycles. The summed E-state index contributed by atoms with van der Waals surface area (Å²) in [7, 11) is 0. The number of halogens is 1. The van der Waals surface area contributed by atoms with Crippen LogP contribution in [0.5, 0.6) is 0 Å². The fourth-order valence-corrected chi connectivity index (χ4v) is 2.29. The van der Waals surface area contributed by atoms with Crippen LogP contribution in [0.4, 0.5) is 4.39 Å². The van der Waals surface area contributed by atoms with Gasteiger partial charge >= 0.3 is 0 Å². The van der Waals surface area contributed by atoms with Gasteiger partial charge in [0, 0.05) is 13.1 Å². The number of thiocarbonyl (C=S) groups is 1. The molecule has 0 radical (unpaired) electrons.